The Morgan fingerprint density at radius 3 is 2.60 bits per heavy atom. The van der Waals surface area contributed by atoms with Gasteiger partial charge in [-0.05, 0) is 31.2 Å². The van der Waals surface area contributed by atoms with Gasteiger partial charge in [0.1, 0.15) is 5.82 Å². The summed E-state index contributed by atoms with van der Waals surface area (Å²) in [6.07, 6.45) is 0. The standard InChI is InChI=1S/C14H13FN2O3/c1-9-7-13(19)17(14(16-9)20-2)8-12(18)10-3-5-11(15)6-4-10/h3-7H,8H2,1-2H3. The average molecular weight is 276 g/mol. The molecule has 0 aliphatic carbocycles. The maximum Gasteiger partial charge on any atom is 0.299 e. The van der Waals surface area contributed by atoms with Crippen LogP contribution >= 0.6 is 0 Å². The van der Waals surface area contributed by atoms with Gasteiger partial charge in [-0.2, -0.15) is 0 Å². The summed E-state index contributed by atoms with van der Waals surface area (Å²) in [6.45, 7) is 1.46. The molecule has 1 aromatic carbocycles. The van der Waals surface area contributed by atoms with E-state index in [0.717, 1.165) is 4.57 Å². The molecule has 0 fully saturated rings. The molecule has 0 spiro atoms. The fourth-order valence-corrected chi connectivity index (χ4v) is 1.77. The van der Waals surface area contributed by atoms with E-state index in [1.54, 1.807) is 6.92 Å². The highest BCUT2D eigenvalue weighted by Gasteiger charge is 2.13. The molecular formula is C14H13FN2O3. The Hall–Kier alpha value is -2.50. The van der Waals surface area contributed by atoms with Gasteiger partial charge in [0.05, 0.1) is 13.7 Å². The van der Waals surface area contributed by atoms with Crippen molar-refractivity contribution in [3.63, 3.8) is 0 Å². The minimum absolute atomic E-state index is 0.0745. The van der Waals surface area contributed by atoms with Crippen LogP contribution < -0.4 is 10.3 Å². The predicted octanol–water partition coefficient (Wildman–Crippen LogP) is 1.58. The maximum atomic E-state index is 12.8. The number of ketones is 1. The average Bonchev–Trinajstić information content (AvgIpc) is 2.42. The number of methoxy groups -OCH3 is 1. The number of carbonyl (C=O) groups is 1. The molecule has 5 nitrogen and oxygen atoms in total. The number of rotatable bonds is 4. The molecule has 1 aromatic heterocycles. The zero-order valence-electron chi connectivity index (χ0n) is 11.1. The Balaban J connectivity index is 2.32. The predicted molar refractivity (Wildman–Crippen MR) is 70.5 cm³/mol. The summed E-state index contributed by atoms with van der Waals surface area (Å²) in [5, 5.41) is 0. The van der Waals surface area contributed by atoms with Crippen molar-refractivity contribution in [1.29, 1.82) is 0 Å². The number of aromatic nitrogens is 2. The van der Waals surface area contributed by atoms with Crippen LogP contribution in [-0.2, 0) is 6.54 Å². The number of halogens is 1. The third-order valence-corrected chi connectivity index (χ3v) is 2.75. The SMILES string of the molecule is COc1nc(C)cc(=O)n1CC(=O)c1ccc(F)cc1. The van der Waals surface area contributed by atoms with E-state index in [0.29, 0.717) is 11.3 Å². The van der Waals surface area contributed by atoms with Crippen LogP contribution in [-0.4, -0.2) is 22.4 Å². The summed E-state index contributed by atoms with van der Waals surface area (Å²) >= 11 is 0. The van der Waals surface area contributed by atoms with Gasteiger partial charge in [0.2, 0.25) is 0 Å². The molecule has 104 valence electrons. The van der Waals surface area contributed by atoms with Gasteiger partial charge >= 0.3 is 0 Å². The number of nitrogens with zero attached hydrogens (tertiary/aromatic N) is 2. The molecule has 0 N–H and O–H groups in total. The quantitative estimate of drug-likeness (QED) is 0.795. The van der Waals surface area contributed by atoms with Crippen LogP contribution in [0.2, 0.25) is 0 Å². The van der Waals surface area contributed by atoms with Crippen molar-refractivity contribution in [3.05, 3.63) is 57.8 Å². The van der Waals surface area contributed by atoms with Crippen molar-refractivity contribution >= 4 is 5.78 Å². The minimum Gasteiger partial charge on any atom is -0.468 e. The van der Waals surface area contributed by atoms with E-state index in [-0.39, 0.29) is 23.9 Å². The van der Waals surface area contributed by atoms with Gasteiger partial charge in [-0.25, -0.2) is 9.37 Å². The van der Waals surface area contributed by atoms with E-state index in [2.05, 4.69) is 4.98 Å². The van der Waals surface area contributed by atoms with E-state index in [1.807, 2.05) is 0 Å². The molecule has 0 saturated carbocycles. The second-order valence-corrected chi connectivity index (χ2v) is 4.24. The van der Waals surface area contributed by atoms with Crippen LogP contribution in [0.15, 0.2) is 35.1 Å². The number of ether oxygens (including phenoxy) is 1. The summed E-state index contributed by atoms with van der Waals surface area (Å²) < 4.78 is 18.9. The highest BCUT2D eigenvalue weighted by Crippen LogP contribution is 2.08. The Kier molecular flexibility index (Phi) is 3.93. The zero-order valence-corrected chi connectivity index (χ0v) is 11.1. The van der Waals surface area contributed by atoms with Crippen LogP contribution in [0.1, 0.15) is 16.1 Å². The van der Waals surface area contributed by atoms with Crippen LogP contribution in [0, 0.1) is 12.7 Å². The summed E-state index contributed by atoms with van der Waals surface area (Å²) in [6, 6.07) is 6.53. The van der Waals surface area contributed by atoms with E-state index in [4.69, 9.17) is 4.74 Å². The smallest absolute Gasteiger partial charge is 0.299 e. The fraction of sp³-hybridized carbons (Fsp3) is 0.214. The van der Waals surface area contributed by atoms with Crippen LogP contribution in [0.25, 0.3) is 0 Å². The lowest BCUT2D eigenvalue weighted by Crippen LogP contribution is -2.26. The highest BCUT2D eigenvalue weighted by atomic mass is 19.1. The van der Waals surface area contributed by atoms with Crippen molar-refractivity contribution in [2.45, 2.75) is 13.5 Å². The molecule has 0 amide bonds. The van der Waals surface area contributed by atoms with Crippen molar-refractivity contribution < 1.29 is 13.9 Å². The van der Waals surface area contributed by atoms with Crippen molar-refractivity contribution in [1.82, 2.24) is 9.55 Å². The summed E-state index contributed by atoms with van der Waals surface area (Å²) in [5.41, 5.74) is 0.461. The topological polar surface area (TPSA) is 61.2 Å². The molecule has 0 radical (unpaired) electrons. The first-order valence-electron chi connectivity index (χ1n) is 5.92. The second-order valence-electron chi connectivity index (χ2n) is 4.24. The van der Waals surface area contributed by atoms with Gasteiger partial charge < -0.3 is 4.74 Å². The van der Waals surface area contributed by atoms with E-state index in [1.165, 1.54) is 37.4 Å². The van der Waals surface area contributed by atoms with Crippen LogP contribution in [0.3, 0.4) is 0 Å². The Morgan fingerprint density at radius 2 is 2.00 bits per heavy atom. The lowest BCUT2D eigenvalue weighted by molar-refractivity contribution is 0.0965. The first kappa shape index (κ1) is 13.9. The Morgan fingerprint density at radius 1 is 1.35 bits per heavy atom. The Bertz CT molecular complexity index is 693. The van der Waals surface area contributed by atoms with Crippen molar-refractivity contribution in [2.24, 2.45) is 0 Å². The van der Waals surface area contributed by atoms with Gasteiger partial charge in [-0.15, -0.1) is 0 Å². The molecule has 20 heavy (non-hydrogen) atoms. The van der Waals surface area contributed by atoms with Gasteiger partial charge in [-0.3, -0.25) is 14.2 Å². The molecule has 0 unspecified atom stereocenters. The minimum atomic E-state index is -0.423. The number of benzene rings is 1. The van der Waals surface area contributed by atoms with Crippen LogP contribution in [0.5, 0.6) is 6.01 Å². The van der Waals surface area contributed by atoms with E-state index in [9.17, 15) is 14.0 Å². The lowest BCUT2D eigenvalue weighted by Gasteiger charge is -2.10. The van der Waals surface area contributed by atoms with Gasteiger partial charge in [-0.1, -0.05) is 0 Å². The third kappa shape index (κ3) is 2.90. The number of carbonyl (C=O) groups excluding carboxylic acids is 1. The first-order chi connectivity index (χ1) is 9.51. The monoisotopic (exact) mass is 276 g/mol. The van der Waals surface area contributed by atoms with Gasteiger partial charge in [0.25, 0.3) is 11.6 Å². The van der Waals surface area contributed by atoms with E-state index >= 15 is 0 Å². The number of hydrogen-bond acceptors (Lipinski definition) is 4. The van der Waals surface area contributed by atoms with Gasteiger partial charge in [0, 0.05) is 17.3 Å². The number of Topliss-reactive ketones (excluding diaryl/α,β-unsaturated/α-hetero) is 1. The lowest BCUT2D eigenvalue weighted by atomic mass is 10.1. The maximum absolute atomic E-state index is 12.8. The molecule has 6 heteroatoms. The Labute approximate surface area is 114 Å². The third-order valence-electron chi connectivity index (χ3n) is 2.75. The summed E-state index contributed by atoms with van der Waals surface area (Å²) in [4.78, 5) is 28.0. The summed E-state index contributed by atoms with van der Waals surface area (Å²) in [5.74, 6) is -0.746. The number of hydrogen-bond donors (Lipinski definition) is 0. The fourth-order valence-electron chi connectivity index (χ4n) is 1.77. The highest BCUT2D eigenvalue weighted by molar-refractivity contribution is 5.95. The second kappa shape index (κ2) is 5.64. The largest absolute Gasteiger partial charge is 0.468 e. The van der Waals surface area contributed by atoms with Crippen molar-refractivity contribution in [3.8, 4) is 6.01 Å². The molecule has 2 rings (SSSR count). The molecule has 0 saturated heterocycles. The molecule has 0 atom stereocenters. The number of aryl methyl sites for hydroxylation is 1. The van der Waals surface area contributed by atoms with Crippen LogP contribution in [0.4, 0.5) is 4.39 Å². The molecule has 0 bridgehead atoms. The summed E-state index contributed by atoms with van der Waals surface area (Å²) in [7, 11) is 1.38. The first-order valence-corrected chi connectivity index (χ1v) is 5.92. The van der Waals surface area contributed by atoms with E-state index < -0.39 is 5.82 Å². The molecular weight excluding hydrogens is 263 g/mol. The zero-order chi connectivity index (χ0) is 14.7. The normalized spacial score (nSPS) is 10.3. The molecule has 0 aliphatic rings. The van der Waals surface area contributed by atoms with Gasteiger partial charge in [0.15, 0.2) is 5.78 Å². The molecule has 2 aromatic rings. The molecule has 1 heterocycles. The molecule has 0 aliphatic heterocycles. The van der Waals surface area contributed by atoms with Crippen molar-refractivity contribution in [2.75, 3.05) is 7.11 Å².